The first-order chi connectivity index (χ1) is 18.0. The Morgan fingerprint density at radius 3 is 2.43 bits per heavy atom. The third kappa shape index (κ3) is 8.64. The minimum Gasteiger partial charge on any atom is -0.494 e. The van der Waals surface area contributed by atoms with Gasteiger partial charge in [-0.05, 0) is 55.5 Å². The molecule has 0 aliphatic carbocycles. The van der Waals surface area contributed by atoms with Crippen LogP contribution in [0.1, 0.15) is 50.7 Å². The van der Waals surface area contributed by atoms with E-state index in [-0.39, 0.29) is 18.4 Å². The molecule has 200 valence electrons. The van der Waals surface area contributed by atoms with Crippen molar-refractivity contribution in [1.29, 1.82) is 0 Å². The maximum absolute atomic E-state index is 13.6. The predicted octanol–water partition coefficient (Wildman–Crippen LogP) is 5.19. The summed E-state index contributed by atoms with van der Waals surface area (Å²) in [6, 6.07) is 16.1. The molecule has 0 aliphatic heterocycles. The Labute approximate surface area is 220 Å². The molecule has 0 saturated heterocycles. The number of hydrogen-bond acceptors (Lipinski definition) is 4. The second-order valence-electron chi connectivity index (χ2n) is 9.27. The van der Waals surface area contributed by atoms with E-state index in [9.17, 15) is 9.59 Å². The van der Waals surface area contributed by atoms with Gasteiger partial charge in [-0.3, -0.25) is 9.59 Å². The van der Waals surface area contributed by atoms with Crippen molar-refractivity contribution < 1.29 is 19.1 Å². The number of methoxy groups -OCH3 is 1. The summed E-state index contributed by atoms with van der Waals surface area (Å²) in [6.45, 7) is 6.82. The van der Waals surface area contributed by atoms with E-state index < -0.39 is 0 Å². The summed E-state index contributed by atoms with van der Waals surface area (Å²) >= 11 is 0. The Morgan fingerprint density at radius 2 is 1.70 bits per heavy atom. The summed E-state index contributed by atoms with van der Waals surface area (Å²) in [5, 5.41) is 1.17. The highest BCUT2D eigenvalue weighted by Gasteiger charge is 2.21. The quantitative estimate of drug-likeness (QED) is 0.271. The normalized spacial score (nSPS) is 11.0. The van der Waals surface area contributed by atoms with Gasteiger partial charge >= 0.3 is 0 Å². The molecule has 0 bridgehead atoms. The number of fused-ring (bicyclic) bond motifs is 1. The Morgan fingerprint density at radius 1 is 0.919 bits per heavy atom. The van der Waals surface area contributed by atoms with E-state index in [1.165, 1.54) is 10.9 Å². The van der Waals surface area contributed by atoms with E-state index in [0.717, 1.165) is 36.1 Å². The van der Waals surface area contributed by atoms with Crippen molar-refractivity contribution in [1.82, 2.24) is 14.8 Å². The lowest BCUT2D eigenvalue weighted by atomic mass is 10.1. The fourth-order valence-electron chi connectivity index (χ4n) is 4.41. The molecular formula is C30H41N3O4. The Balaban J connectivity index is 1.76. The monoisotopic (exact) mass is 507 g/mol. The van der Waals surface area contributed by atoms with Crippen molar-refractivity contribution in [3.63, 3.8) is 0 Å². The van der Waals surface area contributed by atoms with Gasteiger partial charge in [-0.2, -0.15) is 0 Å². The van der Waals surface area contributed by atoms with E-state index in [0.29, 0.717) is 45.7 Å². The lowest BCUT2D eigenvalue weighted by Gasteiger charge is -2.28. The molecule has 3 rings (SSSR count). The maximum atomic E-state index is 13.6. The van der Waals surface area contributed by atoms with E-state index in [1.54, 1.807) is 12.0 Å². The van der Waals surface area contributed by atoms with Crippen LogP contribution in [0.15, 0.2) is 54.7 Å². The molecule has 0 unspecified atom stereocenters. The number of unbranched alkanes of at least 4 members (excludes halogenated alkanes) is 1. The molecule has 2 aromatic carbocycles. The Bertz CT molecular complexity index is 1110. The van der Waals surface area contributed by atoms with Crippen LogP contribution in [0.3, 0.4) is 0 Å². The van der Waals surface area contributed by atoms with Crippen molar-refractivity contribution in [2.75, 3.05) is 40.0 Å². The van der Waals surface area contributed by atoms with Crippen LogP contribution < -0.4 is 4.74 Å². The summed E-state index contributed by atoms with van der Waals surface area (Å²) in [7, 11) is 1.65. The molecule has 7 nitrogen and oxygen atoms in total. The zero-order valence-corrected chi connectivity index (χ0v) is 22.5. The van der Waals surface area contributed by atoms with Crippen molar-refractivity contribution in [2.45, 2.75) is 52.5 Å². The number of carbonyl (C=O) groups excluding carboxylic acids is 2. The third-order valence-corrected chi connectivity index (χ3v) is 6.49. The summed E-state index contributed by atoms with van der Waals surface area (Å²) < 4.78 is 10.8. The standard InChI is InChI=1S/C30H41N3O4/c1-4-6-12-29(34)32(18-9-20-36-3)23-30(35)33(22-24-13-15-26(16-14-24)37-5-2)19-17-25-21-31-28-11-8-7-10-27(25)28/h7-8,10-11,13-16,21,31H,4-6,9,12,17-20,22-23H2,1-3H3. The zero-order valence-electron chi connectivity index (χ0n) is 22.5. The number of nitrogens with zero attached hydrogens (tertiary/aromatic N) is 2. The minimum absolute atomic E-state index is 0.0314. The van der Waals surface area contributed by atoms with Crippen molar-refractivity contribution in [2.24, 2.45) is 0 Å². The Kier molecular flexibility index (Phi) is 11.5. The smallest absolute Gasteiger partial charge is 0.242 e. The number of ether oxygens (including phenoxy) is 2. The number of carbonyl (C=O) groups is 2. The van der Waals surface area contributed by atoms with Gasteiger partial charge in [0.05, 0.1) is 13.2 Å². The number of aromatic nitrogens is 1. The van der Waals surface area contributed by atoms with Gasteiger partial charge in [0, 0.05) is 56.9 Å². The second-order valence-corrected chi connectivity index (χ2v) is 9.27. The third-order valence-electron chi connectivity index (χ3n) is 6.49. The van der Waals surface area contributed by atoms with Gasteiger partial charge in [0.25, 0.3) is 0 Å². The van der Waals surface area contributed by atoms with Gasteiger partial charge in [-0.1, -0.05) is 43.7 Å². The topological polar surface area (TPSA) is 74.9 Å². The van der Waals surface area contributed by atoms with Gasteiger partial charge in [0.15, 0.2) is 0 Å². The highest BCUT2D eigenvalue weighted by Crippen LogP contribution is 2.20. The molecule has 3 aromatic rings. The number of H-pyrrole nitrogens is 1. The van der Waals surface area contributed by atoms with E-state index in [4.69, 9.17) is 9.47 Å². The molecule has 0 aliphatic rings. The molecule has 1 heterocycles. The minimum atomic E-state index is -0.0454. The van der Waals surface area contributed by atoms with Crippen LogP contribution in [-0.4, -0.2) is 66.6 Å². The number of aromatic amines is 1. The largest absolute Gasteiger partial charge is 0.494 e. The van der Waals surface area contributed by atoms with E-state index in [1.807, 2.05) is 54.4 Å². The van der Waals surface area contributed by atoms with Gasteiger partial charge in [0.1, 0.15) is 5.75 Å². The van der Waals surface area contributed by atoms with Crippen LogP contribution in [0.4, 0.5) is 0 Å². The van der Waals surface area contributed by atoms with Crippen LogP contribution >= 0.6 is 0 Å². The fourth-order valence-corrected chi connectivity index (χ4v) is 4.41. The number of amides is 2. The van der Waals surface area contributed by atoms with Gasteiger partial charge in [-0.15, -0.1) is 0 Å². The first-order valence-corrected chi connectivity index (χ1v) is 13.4. The average molecular weight is 508 g/mol. The van der Waals surface area contributed by atoms with Crippen LogP contribution in [0.2, 0.25) is 0 Å². The van der Waals surface area contributed by atoms with Crippen LogP contribution in [-0.2, 0) is 27.3 Å². The van der Waals surface area contributed by atoms with Crippen molar-refractivity contribution >= 4 is 22.7 Å². The molecule has 37 heavy (non-hydrogen) atoms. The summed E-state index contributed by atoms with van der Waals surface area (Å²) in [6.07, 6.45) is 5.68. The van der Waals surface area contributed by atoms with Crippen LogP contribution in [0, 0.1) is 0 Å². The molecule has 0 atom stereocenters. The number of nitrogens with one attached hydrogen (secondary N) is 1. The van der Waals surface area contributed by atoms with E-state index in [2.05, 4.69) is 24.0 Å². The summed E-state index contributed by atoms with van der Waals surface area (Å²) in [5.74, 6) is 0.800. The lowest BCUT2D eigenvalue weighted by Crippen LogP contribution is -2.44. The number of rotatable bonds is 16. The molecule has 1 aromatic heterocycles. The number of hydrogen-bond donors (Lipinski definition) is 1. The van der Waals surface area contributed by atoms with Crippen LogP contribution in [0.5, 0.6) is 5.75 Å². The van der Waals surface area contributed by atoms with Gasteiger partial charge in [0.2, 0.25) is 11.8 Å². The fraction of sp³-hybridized carbons (Fsp3) is 0.467. The molecule has 1 N–H and O–H groups in total. The second kappa shape index (κ2) is 15.1. The SMILES string of the molecule is CCCCC(=O)N(CCCOC)CC(=O)N(CCc1c[nH]c2ccccc12)Cc1ccc(OCC)cc1. The number of benzene rings is 2. The summed E-state index contributed by atoms with van der Waals surface area (Å²) in [5.41, 5.74) is 3.29. The average Bonchev–Trinajstić information content (AvgIpc) is 3.33. The highest BCUT2D eigenvalue weighted by atomic mass is 16.5. The van der Waals surface area contributed by atoms with Crippen molar-refractivity contribution in [3.05, 3.63) is 65.9 Å². The molecule has 7 heteroatoms. The van der Waals surface area contributed by atoms with Crippen LogP contribution in [0.25, 0.3) is 10.9 Å². The summed E-state index contributed by atoms with van der Waals surface area (Å²) in [4.78, 5) is 33.4. The molecule has 0 fully saturated rings. The Hall–Kier alpha value is -3.32. The highest BCUT2D eigenvalue weighted by molar-refractivity contribution is 5.85. The zero-order chi connectivity index (χ0) is 26.5. The maximum Gasteiger partial charge on any atom is 0.242 e. The molecular weight excluding hydrogens is 466 g/mol. The molecule has 2 amide bonds. The van der Waals surface area contributed by atoms with Crippen molar-refractivity contribution in [3.8, 4) is 5.75 Å². The molecule has 0 saturated carbocycles. The first-order valence-electron chi connectivity index (χ1n) is 13.4. The first kappa shape index (κ1) is 28.3. The van der Waals surface area contributed by atoms with Gasteiger partial charge < -0.3 is 24.3 Å². The van der Waals surface area contributed by atoms with Gasteiger partial charge in [-0.25, -0.2) is 0 Å². The lowest BCUT2D eigenvalue weighted by molar-refractivity contribution is -0.141. The molecule has 0 radical (unpaired) electrons. The molecule has 0 spiro atoms. The van der Waals surface area contributed by atoms with E-state index >= 15 is 0 Å². The predicted molar refractivity (Wildman–Crippen MR) is 148 cm³/mol. The number of para-hydroxylation sites is 1.